The Bertz CT molecular complexity index is 809. The normalized spacial score (nSPS) is 10.9. The Kier molecular flexibility index (Phi) is 3.35. The molecule has 6 heteroatoms. The maximum absolute atomic E-state index is 11.1. The minimum atomic E-state index is -0.437. The molecule has 0 saturated carbocycles. The molecule has 20 heavy (non-hydrogen) atoms. The molecule has 0 bridgehead atoms. The predicted octanol–water partition coefficient (Wildman–Crippen LogP) is 3.85. The Morgan fingerprint density at radius 3 is 2.50 bits per heavy atom. The Balaban J connectivity index is 2.10. The zero-order valence-corrected chi connectivity index (χ0v) is 13.3. The second-order valence-corrected chi connectivity index (χ2v) is 6.08. The van der Waals surface area contributed by atoms with Crippen LogP contribution in [0.3, 0.4) is 0 Å². The molecule has 0 aliphatic rings. The first-order valence-corrected chi connectivity index (χ1v) is 7.38. The molecule has 0 spiro atoms. The van der Waals surface area contributed by atoms with Gasteiger partial charge in [0.2, 0.25) is 5.91 Å². The summed E-state index contributed by atoms with van der Waals surface area (Å²) >= 11 is 6.94. The maximum Gasteiger partial charge on any atom is 0.248 e. The van der Waals surface area contributed by atoms with Gasteiger partial charge in [-0.05, 0) is 40.2 Å². The summed E-state index contributed by atoms with van der Waals surface area (Å²) in [5, 5.41) is 0. The lowest BCUT2D eigenvalue weighted by molar-refractivity contribution is 0.100. The fraction of sp³-hybridized carbons (Fsp3) is 0. The van der Waals surface area contributed by atoms with Crippen molar-refractivity contribution in [3.05, 3.63) is 50.9 Å². The number of amides is 1. The van der Waals surface area contributed by atoms with Gasteiger partial charge in [-0.1, -0.05) is 28.1 Å². The standard InChI is InChI=1S/C14H9Br2N3O/c15-9-5-10(16)12-11(6-9)18-14(19-12)8-3-1-7(2-4-8)13(17)20/h1-6H,(H2,17,20)(H,18,19). The molecule has 0 saturated heterocycles. The number of carbonyl (C=O) groups is 1. The highest BCUT2D eigenvalue weighted by Crippen LogP contribution is 2.29. The van der Waals surface area contributed by atoms with E-state index in [4.69, 9.17) is 5.73 Å². The van der Waals surface area contributed by atoms with E-state index in [9.17, 15) is 4.79 Å². The van der Waals surface area contributed by atoms with E-state index in [0.717, 1.165) is 31.4 Å². The van der Waals surface area contributed by atoms with Crippen molar-refractivity contribution in [2.45, 2.75) is 0 Å². The summed E-state index contributed by atoms with van der Waals surface area (Å²) in [5.41, 5.74) is 8.40. The smallest absolute Gasteiger partial charge is 0.248 e. The molecule has 0 unspecified atom stereocenters. The van der Waals surface area contributed by atoms with Gasteiger partial charge in [-0.2, -0.15) is 0 Å². The van der Waals surface area contributed by atoms with Crippen LogP contribution >= 0.6 is 31.9 Å². The van der Waals surface area contributed by atoms with E-state index in [1.54, 1.807) is 12.1 Å². The van der Waals surface area contributed by atoms with Gasteiger partial charge in [-0.25, -0.2) is 4.98 Å². The molecule has 0 fully saturated rings. The number of primary amides is 1. The van der Waals surface area contributed by atoms with Crippen molar-refractivity contribution >= 4 is 48.8 Å². The number of halogens is 2. The number of aromatic nitrogens is 2. The van der Waals surface area contributed by atoms with Crippen molar-refractivity contribution in [1.29, 1.82) is 0 Å². The van der Waals surface area contributed by atoms with E-state index < -0.39 is 5.91 Å². The van der Waals surface area contributed by atoms with Gasteiger partial charge in [0.05, 0.1) is 5.52 Å². The Morgan fingerprint density at radius 1 is 1.15 bits per heavy atom. The molecular formula is C14H9Br2N3O. The first-order chi connectivity index (χ1) is 9.54. The molecule has 100 valence electrons. The monoisotopic (exact) mass is 393 g/mol. The number of aromatic amines is 1. The van der Waals surface area contributed by atoms with Crippen LogP contribution in [0, 0.1) is 0 Å². The van der Waals surface area contributed by atoms with Crippen LogP contribution in [0.4, 0.5) is 0 Å². The number of nitrogens with zero attached hydrogens (tertiary/aromatic N) is 1. The molecule has 3 N–H and O–H groups in total. The number of rotatable bonds is 2. The van der Waals surface area contributed by atoms with Crippen molar-refractivity contribution in [2.75, 3.05) is 0 Å². The number of nitrogens with two attached hydrogens (primary N) is 1. The fourth-order valence-electron chi connectivity index (χ4n) is 1.97. The fourth-order valence-corrected chi connectivity index (χ4v) is 3.29. The maximum atomic E-state index is 11.1. The number of hydrogen-bond donors (Lipinski definition) is 2. The molecule has 3 aromatic rings. The lowest BCUT2D eigenvalue weighted by Gasteiger charge is -1.98. The van der Waals surface area contributed by atoms with Crippen molar-refractivity contribution in [3.63, 3.8) is 0 Å². The van der Waals surface area contributed by atoms with Gasteiger partial charge in [-0.15, -0.1) is 0 Å². The molecule has 0 atom stereocenters. The van der Waals surface area contributed by atoms with Crippen LogP contribution in [0.15, 0.2) is 45.3 Å². The van der Waals surface area contributed by atoms with Gasteiger partial charge in [0.25, 0.3) is 0 Å². The number of nitrogens with one attached hydrogen (secondary N) is 1. The molecule has 2 aromatic carbocycles. The van der Waals surface area contributed by atoms with Gasteiger partial charge >= 0.3 is 0 Å². The summed E-state index contributed by atoms with van der Waals surface area (Å²) in [6.07, 6.45) is 0. The minimum Gasteiger partial charge on any atom is -0.366 e. The third kappa shape index (κ3) is 2.36. The van der Waals surface area contributed by atoms with E-state index in [2.05, 4.69) is 41.8 Å². The van der Waals surface area contributed by atoms with Crippen LogP contribution in [0.5, 0.6) is 0 Å². The highest BCUT2D eigenvalue weighted by Gasteiger charge is 2.09. The molecule has 1 aromatic heterocycles. The van der Waals surface area contributed by atoms with Crippen LogP contribution in [0.2, 0.25) is 0 Å². The average molecular weight is 395 g/mol. The minimum absolute atomic E-state index is 0.437. The van der Waals surface area contributed by atoms with Gasteiger partial charge in [-0.3, -0.25) is 4.79 Å². The van der Waals surface area contributed by atoms with Crippen LogP contribution in [0.1, 0.15) is 10.4 Å². The molecule has 0 aliphatic heterocycles. The van der Waals surface area contributed by atoms with E-state index >= 15 is 0 Å². The van der Waals surface area contributed by atoms with E-state index in [0.29, 0.717) is 5.56 Å². The molecule has 4 nitrogen and oxygen atoms in total. The van der Waals surface area contributed by atoms with Crippen molar-refractivity contribution < 1.29 is 4.79 Å². The van der Waals surface area contributed by atoms with Crippen LogP contribution < -0.4 is 5.73 Å². The molecule has 0 radical (unpaired) electrons. The van der Waals surface area contributed by atoms with Gasteiger partial charge < -0.3 is 10.7 Å². The Labute approximate surface area is 131 Å². The zero-order valence-electron chi connectivity index (χ0n) is 10.2. The number of benzene rings is 2. The van der Waals surface area contributed by atoms with Crippen molar-refractivity contribution in [3.8, 4) is 11.4 Å². The average Bonchev–Trinajstić information content (AvgIpc) is 2.83. The van der Waals surface area contributed by atoms with E-state index in [-0.39, 0.29) is 0 Å². The summed E-state index contributed by atoms with van der Waals surface area (Å²) in [7, 11) is 0. The number of H-pyrrole nitrogens is 1. The molecular weight excluding hydrogens is 386 g/mol. The third-order valence-electron chi connectivity index (χ3n) is 2.95. The Morgan fingerprint density at radius 2 is 1.85 bits per heavy atom. The second-order valence-electron chi connectivity index (χ2n) is 4.31. The highest BCUT2D eigenvalue weighted by molar-refractivity contribution is 9.11. The van der Waals surface area contributed by atoms with E-state index in [1.807, 2.05) is 24.3 Å². The predicted molar refractivity (Wildman–Crippen MR) is 85.4 cm³/mol. The first-order valence-electron chi connectivity index (χ1n) is 5.79. The second kappa shape index (κ2) is 5.03. The lowest BCUT2D eigenvalue weighted by atomic mass is 10.1. The van der Waals surface area contributed by atoms with E-state index in [1.165, 1.54) is 0 Å². The van der Waals surface area contributed by atoms with Crippen molar-refractivity contribution in [2.24, 2.45) is 5.73 Å². The lowest BCUT2D eigenvalue weighted by Crippen LogP contribution is -2.10. The SMILES string of the molecule is NC(=O)c1ccc(-c2nc3c(Br)cc(Br)cc3[nH]2)cc1. The number of carbonyl (C=O) groups excluding carboxylic acids is 1. The first kappa shape index (κ1) is 13.3. The number of imidazole rings is 1. The van der Waals surface area contributed by atoms with Gasteiger partial charge in [0.1, 0.15) is 11.3 Å². The topological polar surface area (TPSA) is 71.8 Å². The Hall–Kier alpha value is -1.66. The quantitative estimate of drug-likeness (QED) is 0.692. The van der Waals surface area contributed by atoms with Crippen LogP contribution in [-0.4, -0.2) is 15.9 Å². The molecule has 1 heterocycles. The van der Waals surface area contributed by atoms with Crippen LogP contribution in [-0.2, 0) is 0 Å². The molecule has 1 amide bonds. The summed E-state index contributed by atoms with van der Waals surface area (Å²) in [6.45, 7) is 0. The summed E-state index contributed by atoms with van der Waals surface area (Å²) in [5.74, 6) is 0.308. The van der Waals surface area contributed by atoms with Crippen LogP contribution in [0.25, 0.3) is 22.4 Å². The summed E-state index contributed by atoms with van der Waals surface area (Å²) in [6, 6.07) is 10.9. The van der Waals surface area contributed by atoms with Gasteiger partial charge in [0, 0.05) is 20.1 Å². The van der Waals surface area contributed by atoms with Gasteiger partial charge in [0.15, 0.2) is 0 Å². The summed E-state index contributed by atoms with van der Waals surface area (Å²) in [4.78, 5) is 18.9. The highest BCUT2D eigenvalue weighted by atomic mass is 79.9. The largest absolute Gasteiger partial charge is 0.366 e. The third-order valence-corrected chi connectivity index (χ3v) is 4.01. The molecule has 3 rings (SSSR count). The molecule has 0 aliphatic carbocycles. The zero-order chi connectivity index (χ0) is 14.3. The summed E-state index contributed by atoms with van der Waals surface area (Å²) < 4.78 is 1.88. The number of fused-ring (bicyclic) bond motifs is 1. The number of hydrogen-bond acceptors (Lipinski definition) is 2. The van der Waals surface area contributed by atoms with Crippen molar-refractivity contribution in [1.82, 2.24) is 9.97 Å².